The smallest absolute Gasteiger partial charge is 0.254 e. The Morgan fingerprint density at radius 1 is 1.00 bits per heavy atom. The Bertz CT molecular complexity index is 775. The van der Waals surface area contributed by atoms with Crippen LogP contribution in [-0.4, -0.2) is 30.6 Å². The van der Waals surface area contributed by atoms with Crippen molar-refractivity contribution in [2.75, 3.05) is 19.8 Å². The van der Waals surface area contributed by atoms with Crippen LogP contribution >= 0.6 is 0 Å². The van der Waals surface area contributed by atoms with Crippen LogP contribution < -0.4 is 9.47 Å². The van der Waals surface area contributed by atoms with Crippen LogP contribution in [0.4, 0.5) is 4.39 Å². The van der Waals surface area contributed by atoms with E-state index in [0.717, 1.165) is 36.3 Å². The summed E-state index contributed by atoms with van der Waals surface area (Å²) in [5.41, 5.74) is 1.57. The van der Waals surface area contributed by atoms with Crippen molar-refractivity contribution in [3.05, 3.63) is 59.4 Å². The van der Waals surface area contributed by atoms with Crippen LogP contribution in [-0.2, 0) is 0 Å². The van der Waals surface area contributed by atoms with E-state index in [9.17, 15) is 9.18 Å². The molecule has 130 valence electrons. The third kappa shape index (κ3) is 3.18. The topological polar surface area (TPSA) is 38.8 Å². The maximum atomic E-state index is 13.1. The van der Waals surface area contributed by atoms with E-state index in [1.165, 1.54) is 12.1 Å². The number of nitrogens with zero attached hydrogens (tertiary/aromatic N) is 1. The highest BCUT2D eigenvalue weighted by Gasteiger charge is 2.31. The Morgan fingerprint density at radius 2 is 1.76 bits per heavy atom. The van der Waals surface area contributed by atoms with Crippen molar-refractivity contribution in [3.63, 3.8) is 0 Å². The zero-order chi connectivity index (χ0) is 17.2. The minimum absolute atomic E-state index is 0.00899. The number of benzene rings is 2. The Labute approximate surface area is 146 Å². The molecule has 0 unspecified atom stereocenters. The second-order valence-corrected chi connectivity index (χ2v) is 6.42. The first-order chi connectivity index (χ1) is 12.2. The minimum Gasteiger partial charge on any atom is -0.490 e. The van der Waals surface area contributed by atoms with Gasteiger partial charge in [-0.05, 0) is 54.8 Å². The number of likely N-dealkylation sites (tertiary alicyclic amines) is 1. The second-order valence-electron chi connectivity index (χ2n) is 6.42. The summed E-state index contributed by atoms with van der Waals surface area (Å²) in [6.07, 6.45) is 2.72. The van der Waals surface area contributed by atoms with Crippen LogP contribution in [0.1, 0.15) is 41.2 Å². The molecule has 0 saturated carbocycles. The lowest BCUT2D eigenvalue weighted by atomic mass is 10.0. The monoisotopic (exact) mass is 341 g/mol. The molecule has 0 bridgehead atoms. The average Bonchev–Trinajstić information content (AvgIpc) is 3.00. The number of amides is 1. The van der Waals surface area contributed by atoms with Gasteiger partial charge in [0.2, 0.25) is 0 Å². The first kappa shape index (κ1) is 15.9. The highest BCUT2D eigenvalue weighted by atomic mass is 19.1. The molecular weight excluding hydrogens is 321 g/mol. The van der Waals surface area contributed by atoms with Gasteiger partial charge in [-0.3, -0.25) is 4.79 Å². The maximum Gasteiger partial charge on any atom is 0.254 e. The van der Waals surface area contributed by atoms with Crippen molar-refractivity contribution in [2.45, 2.75) is 25.3 Å². The maximum absolute atomic E-state index is 13.1. The summed E-state index contributed by atoms with van der Waals surface area (Å²) in [5, 5.41) is 0. The molecule has 25 heavy (non-hydrogen) atoms. The quantitative estimate of drug-likeness (QED) is 0.830. The molecule has 4 rings (SSSR count). The van der Waals surface area contributed by atoms with Gasteiger partial charge in [-0.2, -0.15) is 0 Å². The second kappa shape index (κ2) is 6.75. The number of rotatable bonds is 2. The van der Waals surface area contributed by atoms with Gasteiger partial charge < -0.3 is 14.4 Å². The van der Waals surface area contributed by atoms with Crippen LogP contribution in [0.5, 0.6) is 11.5 Å². The largest absolute Gasteiger partial charge is 0.490 e. The van der Waals surface area contributed by atoms with Crippen LogP contribution in [0.2, 0.25) is 0 Å². The first-order valence-electron chi connectivity index (χ1n) is 8.68. The average molecular weight is 341 g/mol. The zero-order valence-electron chi connectivity index (χ0n) is 13.9. The summed E-state index contributed by atoms with van der Waals surface area (Å²) in [7, 11) is 0. The molecule has 0 radical (unpaired) electrons. The van der Waals surface area contributed by atoms with Crippen molar-refractivity contribution in [3.8, 4) is 11.5 Å². The van der Waals surface area contributed by atoms with E-state index in [2.05, 4.69) is 0 Å². The van der Waals surface area contributed by atoms with Crippen LogP contribution in [0.15, 0.2) is 42.5 Å². The molecular formula is C20H20FNO3. The van der Waals surface area contributed by atoms with E-state index in [1.807, 2.05) is 23.1 Å². The predicted molar refractivity (Wildman–Crippen MR) is 91.5 cm³/mol. The number of carbonyl (C=O) groups is 1. The van der Waals surface area contributed by atoms with Crippen molar-refractivity contribution in [1.82, 2.24) is 4.90 Å². The van der Waals surface area contributed by atoms with E-state index in [0.29, 0.717) is 25.3 Å². The molecule has 2 heterocycles. The summed E-state index contributed by atoms with van der Waals surface area (Å²) in [6.45, 7) is 2.00. The van der Waals surface area contributed by atoms with Gasteiger partial charge in [-0.1, -0.05) is 6.07 Å². The lowest BCUT2D eigenvalue weighted by Crippen LogP contribution is -2.30. The molecule has 2 aromatic carbocycles. The molecule has 1 fully saturated rings. The fraction of sp³-hybridized carbons (Fsp3) is 0.350. The van der Waals surface area contributed by atoms with Gasteiger partial charge in [0, 0.05) is 18.5 Å². The normalized spacial score (nSPS) is 19.6. The SMILES string of the molecule is O=C(c1ccc(F)cc1)N1CCC[C@H]1c1ccc2c(c1)OCCCO2. The summed E-state index contributed by atoms with van der Waals surface area (Å²) >= 11 is 0. The molecule has 5 heteroatoms. The minimum atomic E-state index is -0.336. The summed E-state index contributed by atoms with van der Waals surface area (Å²) in [6, 6.07) is 11.7. The van der Waals surface area contributed by atoms with Gasteiger partial charge in [-0.15, -0.1) is 0 Å². The van der Waals surface area contributed by atoms with Crippen LogP contribution in [0.3, 0.4) is 0 Å². The predicted octanol–water partition coefficient (Wildman–Crippen LogP) is 3.96. The van der Waals surface area contributed by atoms with E-state index >= 15 is 0 Å². The Morgan fingerprint density at radius 3 is 2.56 bits per heavy atom. The molecule has 1 amide bonds. The van der Waals surface area contributed by atoms with Gasteiger partial charge in [-0.25, -0.2) is 4.39 Å². The van der Waals surface area contributed by atoms with E-state index in [1.54, 1.807) is 12.1 Å². The molecule has 0 aromatic heterocycles. The van der Waals surface area contributed by atoms with Crippen molar-refractivity contribution in [2.24, 2.45) is 0 Å². The van der Waals surface area contributed by atoms with E-state index < -0.39 is 0 Å². The van der Waals surface area contributed by atoms with Crippen LogP contribution in [0, 0.1) is 5.82 Å². The van der Waals surface area contributed by atoms with E-state index in [4.69, 9.17) is 9.47 Å². The standard InChI is InChI=1S/C20H20FNO3/c21-16-7-4-14(5-8-16)20(23)22-10-1-3-17(22)15-6-9-18-19(13-15)25-12-2-11-24-18/h4-9,13,17H,1-3,10-12H2/t17-/m0/s1. The molecule has 4 nitrogen and oxygen atoms in total. The lowest BCUT2D eigenvalue weighted by Gasteiger charge is -2.26. The highest BCUT2D eigenvalue weighted by Crippen LogP contribution is 2.38. The van der Waals surface area contributed by atoms with Gasteiger partial charge in [0.05, 0.1) is 19.3 Å². The van der Waals surface area contributed by atoms with Crippen LogP contribution in [0.25, 0.3) is 0 Å². The third-order valence-electron chi connectivity index (χ3n) is 4.76. The number of hydrogen-bond acceptors (Lipinski definition) is 3. The third-order valence-corrected chi connectivity index (χ3v) is 4.76. The number of carbonyl (C=O) groups excluding carboxylic acids is 1. The molecule has 1 saturated heterocycles. The number of ether oxygens (including phenoxy) is 2. The summed E-state index contributed by atoms with van der Waals surface area (Å²) in [5.74, 6) is 1.11. The van der Waals surface area contributed by atoms with E-state index in [-0.39, 0.29) is 17.8 Å². The molecule has 2 aromatic rings. The summed E-state index contributed by atoms with van der Waals surface area (Å²) < 4.78 is 24.6. The molecule has 2 aliphatic heterocycles. The van der Waals surface area contributed by atoms with Crippen molar-refractivity contribution >= 4 is 5.91 Å². The molecule has 1 atom stereocenters. The Balaban J connectivity index is 1.60. The zero-order valence-corrected chi connectivity index (χ0v) is 13.9. The molecule has 0 N–H and O–H groups in total. The van der Waals surface area contributed by atoms with Gasteiger partial charge in [0.1, 0.15) is 5.82 Å². The van der Waals surface area contributed by atoms with Gasteiger partial charge in [0.15, 0.2) is 11.5 Å². The highest BCUT2D eigenvalue weighted by molar-refractivity contribution is 5.94. The number of fused-ring (bicyclic) bond motifs is 1. The lowest BCUT2D eigenvalue weighted by molar-refractivity contribution is 0.0735. The van der Waals surface area contributed by atoms with Gasteiger partial charge >= 0.3 is 0 Å². The fourth-order valence-electron chi connectivity index (χ4n) is 3.50. The Hall–Kier alpha value is -2.56. The molecule has 0 aliphatic carbocycles. The van der Waals surface area contributed by atoms with Crippen molar-refractivity contribution < 1.29 is 18.7 Å². The Kier molecular flexibility index (Phi) is 4.30. The fourth-order valence-corrected chi connectivity index (χ4v) is 3.50. The van der Waals surface area contributed by atoms with Crippen molar-refractivity contribution in [1.29, 1.82) is 0 Å². The number of halogens is 1. The molecule has 2 aliphatic rings. The summed E-state index contributed by atoms with van der Waals surface area (Å²) in [4.78, 5) is 14.7. The molecule has 0 spiro atoms. The first-order valence-corrected chi connectivity index (χ1v) is 8.68. The van der Waals surface area contributed by atoms with Gasteiger partial charge in [0.25, 0.3) is 5.91 Å². The number of hydrogen-bond donors (Lipinski definition) is 0.